The molecule has 1 saturated heterocycles. The molecule has 0 aliphatic carbocycles. The Hall–Kier alpha value is -0.460. The number of ether oxygens (including phenoxy) is 2. The maximum Gasteiger partial charge on any atom is 0.0900 e. The predicted octanol–water partition coefficient (Wildman–Crippen LogP) is 0.269. The fourth-order valence-corrected chi connectivity index (χ4v) is 2.02. The second-order valence-corrected chi connectivity index (χ2v) is 4.20. The zero-order valence-electron chi connectivity index (χ0n) is 11.4. The normalized spacial score (nSPS) is 19.1. The molecule has 108 valence electrons. The van der Waals surface area contributed by atoms with Crippen molar-refractivity contribution in [1.82, 2.24) is 4.90 Å². The van der Waals surface area contributed by atoms with Gasteiger partial charge >= 0.3 is 0 Å². The number of likely N-dealkylation sites (tertiary alicyclic amines) is 1. The third kappa shape index (κ3) is 7.79. The molecular weight excluding hydrogens is 234 g/mol. The SMILES string of the molecule is C=C.COCC(O)CN1CCC(OCCO)CC1. The molecule has 18 heavy (non-hydrogen) atoms. The van der Waals surface area contributed by atoms with Gasteiger partial charge in [0.2, 0.25) is 0 Å². The molecule has 2 N–H and O–H groups in total. The predicted molar refractivity (Wildman–Crippen MR) is 71.6 cm³/mol. The van der Waals surface area contributed by atoms with Crippen molar-refractivity contribution in [2.24, 2.45) is 0 Å². The molecule has 5 nitrogen and oxygen atoms in total. The summed E-state index contributed by atoms with van der Waals surface area (Å²) in [6.07, 6.45) is 1.81. The van der Waals surface area contributed by atoms with Crippen molar-refractivity contribution in [2.75, 3.05) is 46.6 Å². The summed E-state index contributed by atoms with van der Waals surface area (Å²) in [4.78, 5) is 2.22. The van der Waals surface area contributed by atoms with Crippen LogP contribution in [0.5, 0.6) is 0 Å². The van der Waals surface area contributed by atoms with Crippen molar-refractivity contribution in [3.8, 4) is 0 Å². The average molecular weight is 261 g/mol. The van der Waals surface area contributed by atoms with Crippen LogP contribution in [-0.2, 0) is 9.47 Å². The average Bonchev–Trinajstić information content (AvgIpc) is 2.40. The molecular formula is C13H27NO4. The lowest BCUT2D eigenvalue weighted by atomic mass is 10.1. The van der Waals surface area contributed by atoms with Crippen LogP contribution < -0.4 is 0 Å². The molecule has 0 spiro atoms. The van der Waals surface area contributed by atoms with Gasteiger partial charge in [0.15, 0.2) is 0 Å². The van der Waals surface area contributed by atoms with Crippen LogP contribution in [-0.4, -0.2) is 73.9 Å². The molecule has 1 fully saturated rings. The Bertz CT molecular complexity index is 184. The number of methoxy groups -OCH3 is 1. The van der Waals surface area contributed by atoms with Crippen molar-refractivity contribution >= 4 is 0 Å². The minimum Gasteiger partial charge on any atom is -0.394 e. The first-order valence-corrected chi connectivity index (χ1v) is 6.38. The van der Waals surface area contributed by atoms with Crippen LogP contribution >= 0.6 is 0 Å². The molecule has 0 aromatic rings. The van der Waals surface area contributed by atoms with Crippen LogP contribution in [0.1, 0.15) is 12.8 Å². The van der Waals surface area contributed by atoms with Gasteiger partial charge in [-0.1, -0.05) is 0 Å². The summed E-state index contributed by atoms with van der Waals surface area (Å²) in [5.74, 6) is 0. The Morgan fingerprint density at radius 1 is 1.33 bits per heavy atom. The van der Waals surface area contributed by atoms with Gasteiger partial charge in [0, 0.05) is 26.7 Å². The number of aliphatic hydroxyl groups excluding tert-OH is 2. The lowest BCUT2D eigenvalue weighted by molar-refractivity contribution is -0.0214. The second-order valence-electron chi connectivity index (χ2n) is 4.20. The second kappa shape index (κ2) is 11.6. The summed E-state index contributed by atoms with van der Waals surface area (Å²) in [6.45, 7) is 9.46. The molecule has 5 heteroatoms. The molecule has 0 aromatic heterocycles. The van der Waals surface area contributed by atoms with E-state index in [9.17, 15) is 5.11 Å². The fourth-order valence-electron chi connectivity index (χ4n) is 2.02. The highest BCUT2D eigenvalue weighted by Gasteiger charge is 2.21. The van der Waals surface area contributed by atoms with Crippen molar-refractivity contribution in [1.29, 1.82) is 0 Å². The molecule has 0 radical (unpaired) electrons. The number of piperidine rings is 1. The lowest BCUT2D eigenvalue weighted by Crippen LogP contribution is -2.42. The molecule has 1 aliphatic heterocycles. The van der Waals surface area contributed by atoms with Gasteiger partial charge in [-0.15, -0.1) is 13.2 Å². The van der Waals surface area contributed by atoms with E-state index in [1.807, 2.05) is 0 Å². The Kier molecular flexibility index (Phi) is 11.3. The number of β-amino-alcohol motifs (C(OH)–C–C–N with tert-alkyl or cyclic N) is 1. The van der Waals surface area contributed by atoms with E-state index in [1.54, 1.807) is 7.11 Å². The van der Waals surface area contributed by atoms with Gasteiger partial charge < -0.3 is 24.6 Å². The monoisotopic (exact) mass is 261 g/mol. The summed E-state index contributed by atoms with van der Waals surface area (Å²) in [6, 6.07) is 0. The van der Waals surface area contributed by atoms with Gasteiger partial charge in [-0.05, 0) is 12.8 Å². The Morgan fingerprint density at radius 2 is 1.94 bits per heavy atom. The zero-order valence-corrected chi connectivity index (χ0v) is 11.4. The first kappa shape index (κ1) is 17.5. The molecule has 0 aromatic carbocycles. The number of aliphatic hydroxyl groups is 2. The third-order valence-corrected chi connectivity index (χ3v) is 2.81. The smallest absolute Gasteiger partial charge is 0.0900 e. The maximum absolute atomic E-state index is 9.58. The maximum atomic E-state index is 9.58. The molecule has 1 atom stereocenters. The minimum atomic E-state index is -0.403. The molecule has 0 amide bonds. The summed E-state index contributed by atoms with van der Waals surface area (Å²) >= 11 is 0. The largest absolute Gasteiger partial charge is 0.394 e. The Morgan fingerprint density at radius 3 is 2.44 bits per heavy atom. The van der Waals surface area contributed by atoms with Crippen LogP contribution in [0, 0.1) is 0 Å². The van der Waals surface area contributed by atoms with Gasteiger partial charge in [-0.3, -0.25) is 0 Å². The molecule has 1 unspecified atom stereocenters. The molecule has 1 aliphatic rings. The van der Waals surface area contributed by atoms with Crippen molar-refractivity contribution in [3.63, 3.8) is 0 Å². The van der Waals surface area contributed by atoms with E-state index in [4.69, 9.17) is 14.6 Å². The van der Waals surface area contributed by atoms with Gasteiger partial charge in [0.1, 0.15) is 0 Å². The quantitative estimate of drug-likeness (QED) is 0.644. The van der Waals surface area contributed by atoms with Crippen LogP contribution in [0.2, 0.25) is 0 Å². The van der Waals surface area contributed by atoms with Crippen LogP contribution in [0.15, 0.2) is 13.2 Å². The number of hydrogen-bond acceptors (Lipinski definition) is 5. The lowest BCUT2D eigenvalue weighted by Gasteiger charge is -2.32. The van der Waals surface area contributed by atoms with E-state index in [0.29, 0.717) is 19.8 Å². The zero-order chi connectivity index (χ0) is 13.8. The van der Waals surface area contributed by atoms with Gasteiger partial charge in [-0.25, -0.2) is 0 Å². The fraction of sp³-hybridized carbons (Fsp3) is 0.846. The van der Waals surface area contributed by atoms with E-state index in [-0.39, 0.29) is 12.7 Å². The van der Waals surface area contributed by atoms with E-state index in [2.05, 4.69) is 18.1 Å². The first-order valence-electron chi connectivity index (χ1n) is 6.38. The topological polar surface area (TPSA) is 62.2 Å². The van der Waals surface area contributed by atoms with Crippen molar-refractivity contribution in [2.45, 2.75) is 25.0 Å². The standard InChI is InChI=1S/C11H23NO4.C2H4/c1-15-9-10(14)8-12-4-2-11(3-5-12)16-7-6-13;1-2/h10-11,13-14H,2-9H2,1H3;1-2H2. The van der Waals surface area contributed by atoms with E-state index >= 15 is 0 Å². The van der Waals surface area contributed by atoms with E-state index in [0.717, 1.165) is 25.9 Å². The molecule has 0 saturated carbocycles. The highest BCUT2D eigenvalue weighted by molar-refractivity contribution is 4.74. The molecule has 1 heterocycles. The third-order valence-electron chi connectivity index (χ3n) is 2.81. The van der Waals surface area contributed by atoms with Crippen LogP contribution in [0.4, 0.5) is 0 Å². The van der Waals surface area contributed by atoms with Crippen molar-refractivity contribution in [3.05, 3.63) is 13.2 Å². The highest BCUT2D eigenvalue weighted by atomic mass is 16.5. The summed E-state index contributed by atoms with van der Waals surface area (Å²) in [5, 5.41) is 18.2. The minimum absolute atomic E-state index is 0.0900. The van der Waals surface area contributed by atoms with Gasteiger partial charge in [-0.2, -0.15) is 0 Å². The Labute approximate surface area is 110 Å². The summed E-state index contributed by atoms with van der Waals surface area (Å²) < 4.78 is 10.4. The highest BCUT2D eigenvalue weighted by Crippen LogP contribution is 2.13. The van der Waals surface area contributed by atoms with Gasteiger partial charge in [0.25, 0.3) is 0 Å². The molecule has 0 bridgehead atoms. The number of rotatable bonds is 7. The van der Waals surface area contributed by atoms with Crippen LogP contribution in [0.25, 0.3) is 0 Å². The van der Waals surface area contributed by atoms with Gasteiger partial charge in [0.05, 0.1) is 32.0 Å². The summed E-state index contributed by atoms with van der Waals surface area (Å²) in [5.41, 5.74) is 0. The Balaban J connectivity index is 0.00000137. The van der Waals surface area contributed by atoms with E-state index in [1.165, 1.54) is 0 Å². The van der Waals surface area contributed by atoms with E-state index < -0.39 is 6.10 Å². The van der Waals surface area contributed by atoms with Crippen LogP contribution in [0.3, 0.4) is 0 Å². The number of hydrogen-bond donors (Lipinski definition) is 2. The first-order chi connectivity index (χ1) is 8.76. The van der Waals surface area contributed by atoms with Crippen molar-refractivity contribution < 1.29 is 19.7 Å². The number of nitrogens with zero attached hydrogens (tertiary/aromatic N) is 1. The molecule has 1 rings (SSSR count). The summed E-state index contributed by atoms with van der Waals surface area (Å²) in [7, 11) is 1.60.